The van der Waals surface area contributed by atoms with Crippen LogP contribution in [0.3, 0.4) is 0 Å². The molecule has 2 rings (SSSR count). The van der Waals surface area contributed by atoms with Crippen LogP contribution in [0, 0.1) is 0 Å². The molecule has 17 heavy (non-hydrogen) atoms. The number of hydrogen-bond donors (Lipinski definition) is 2. The molecule has 1 aromatic heterocycles. The van der Waals surface area contributed by atoms with Crippen LogP contribution in [0.25, 0.3) is 10.9 Å². The van der Waals surface area contributed by atoms with E-state index in [0.717, 1.165) is 31.6 Å². The Morgan fingerprint density at radius 2 is 2.00 bits per heavy atom. The minimum atomic E-state index is 0.987. The summed E-state index contributed by atoms with van der Waals surface area (Å²) in [4.78, 5) is 4.35. The van der Waals surface area contributed by atoms with Gasteiger partial charge in [-0.3, -0.25) is 4.98 Å². The summed E-state index contributed by atoms with van der Waals surface area (Å²) in [6, 6.07) is 10.3. The number of aromatic nitrogens is 1. The summed E-state index contributed by atoms with van der Waals surface area (Å²) < 4.78 is 0. The highest BCUT2D eigenvalue weighted by Gasteiger charge is 1.99. The lowest BCUT2D eigenvalue weighted by atomic mass is 10.2. The highest BCUT2D eigenvalue weighted by atomic mass is 14.9. The number of para-hydroxylation sites is 1. The number of fused-ring (bicyclic) bond motifs is 1. The number of nitrogens with one attached hydrogen (secondary N) is 2. The summed E-state index contributed by atoms with van der Waals surface area (Å²) >= 11 is 0. The molecule has 0 spiro atoms. The maximum Gasteiger partial charge on any atom is 0.0722 e. The van der Waals surface area contributed by atoms with Gasteiger partial charge in [-0.1, -0.05) is 25.1 Å². The van der Waals surface area contributed by atoms with Gasteiger partial charge in [0.15, 0.2) is 0 Å². The summed E-state index contributed by atoms with van der Waals surface area (Å²) in [5, 5.41) is 7.98. The normalized spacial score (nSPS) is 10.6. The van der Waals surface area contributed by atoms with Crippen molar-refractivity contribution in [3.8, 4) is 0 Å². The van der Waals surface area contributed by atoms with Crippen LogP contribution in [0.4, 0.5) is 5.69 Å². The first-order valence-corrected chi connectivity index (χ1v) is 6.20. The average Bonchev–Trinajstić information content (AvgIpc) is 2.39. The van der Waals surface area contributed by atoms with E-state index in [1.807, 2.05) is 30.5 Å². The molecule has 0 saturated heterocycles. The van der Waals surface area contributed by atoms with Crippen LogP contribution >= 0.6 is 0 Å². The fourth-order valence-corrected chi connectivity index (χ4v) is 1.86. The molecule has 0 aliphatic heterocycles. The molecule has 0 aliphatic rings. The molecule has 0 amide bonds. The zero-order valence-electron chi connectivity index (χ0n) is 10.2. The predicted octanol–water partition coefficient (Wildman–Crippen LogP) is 2.65. The number of nitrogens with zero attached hydrogens (tertiary/aromatic N) is 1. The van der Waals surface area contributed by atoms with Gasteiger partial charge in [-0.25, -0.2) is 0 Å². The largest absolute Gasteiger partial charge is 0.384 e. The Morgan fingerprint density at radius 1 is 1.12 bits per heavy atom. The van der Waals surface area contributed by atoms with Crippen molar-refractivity contribution in [1.82, 2.24) is 10.3 Å². The summed E-state index contributed by atoms with van der Waals surface area (Å²) in [6.45, 7) is 5.22. The van der Waals surface area contributed by atoms with E-state index in [1.165, 1.54) is 11.1 Å². The van der Waals surface area contributed by atoms with Gasteiger partial charge in [0.05, 0.1) is 5.52 Å². The third-order valence-corrected chi connectivity index (χ3v) is 2.74. The van der Waals surface area contributed by atoms with E-state index in [0.29, 0.717) is 0 Å². The second-order valence-electron chi connectivity index (χ2n) is 4.01. The van der Waals surface area contributed by atoms with Gasteiger partial charge in [0.1, 0.15) is 0 Å². The second kappa shape index (κ2) is 6.21. The molecule has 0 saturated carbocycles. The van der Waals surface area contributed by atoms with Gasteiger partial charge < -0.3 is 10.6 Å². The lowest BCUT2D eigenvalue weighted by Gasteiger charge is -2.09. The number of pyridine rings is 1. The molecule has 3 nitrogen and oxygen atoms in total. The predicted molar refractivity (Wildman–Crippen MR) is 73.4 cm³/mol. The van der Waals surface area contributed by atoms with Gasteiger partial charge in [0.2, 0.25) is 0 Å². The maximum absolute atomic E-state index is 4.35. The first-order chi connectivity index (χ1) is 8.42. The fraction of sp³-hybridized carbons (Fsp3) is 0.357. The molecule has 3 heteroatoms. The summed E-state index contributed by atoms with van der Waals surface area (Å²) in [6.07, 6.45) is 2.99. The van der Waals surface area contributed by atoms with Crippen LogP contribution in [0.15, 0.2) is 36.5 Å². The number of anilines is 1. The maximum atomic E-state index is 4.35. The molecule has 90 valence electrons. The van der Waals surface area contributed by atoms with Crippen LogP contribution in [-0.2, 0) is 0 Å². The molecule has 0 atom stereocenters. The summed E-state index contributed by atoms with van der Waals surface area (Å²) in [5.74, 6) is 0. The van der Waals surface area contributed by atoms with Crippen molar-refractivity contribution in [2.75, 3.05) is 25.0 Å². The van der Waals surface area contributed by atoms with E-state index in [1.54, 1.807) is 0 Å². The van der Waals surface area contributed by atoms with E-state index >= 15 is 0 Å². The Bertz CT molecular complexity index is 462. The van der Waals surface area contributed by atoms with E-state index in [2.05, 4.69) is 28.6 Å². The van der Waals surface area contributed by atoms with Crippen molar-refractivity contribution in [2.24, 2.45) is 0 Å². The monoisotopic (exact) mass is 229 g/mol. The molecular weight excluding hydrogens is 210 g/mol. The van der Waals surface area contributed by atoms with Gasteiger partial charge in [0.25, 0.3) is 0 Å². The van der Waals surface area contributed by atoms with Crippen molar-refractivity contribution in [1.29, 1.82) is 0 Å². The van der Waals surface area contributed by atoms with Crippen molar-refractivity contribution in [2.45, 2.75) is 13.3 Å². The highest BCUT2D eigenvalue weighted by Crippen LogP contribution is 2.20. The van der Waals surface area contributed by atoms with Gasteiger partial charge in [0, 0.05) is 23.8 Å². The zero-order valence-corrected chi connectivity index (χ0v) is 10.2. The average molecular weight is 229 g/mol. The molecule has 2 N–H and O–H groups in total. The number of hydrogen-bond acceptors (Lipinski definition) is 3. The van der Waals surface area contributed by atoms with Crippen LogP contribution < -0.4 is 10.6 Å². The van der Waals surface area contributed by atoms with Gasteiger partial charge in [-0.2, -0.15) is 0 Å². The standard InChI is InChI=1S/C14H19N3/c1-2-15-9-5-10-16-14-8-11-17-13-7-4-3-6-12(13)14/h3-4,6-8,11,15H,2,5,9-10H2,1H3,(H,16,17). The Balaban J connectivity index is 1.98. The van der Waals surface area contributed by atoms with E-state index < -0.39 is 0 Å². The Hall–Kier alpha value is -1.61. The third kappa shape index (κ3) is 3.17. The van der Waals surface area contributed by atoms with Gasteiger partial charge in [-0.05, 0) is 31.6 Å². The van der Waals surface area contributed by atoms with Gasteiger partial charge in [-0.15, -0.1) is 0 Å². The Labute approximate surface area is 102 Å². The van der Waals surface area contributed by atoms with Crippen molar-refractivity contribution >= 4 is 16.6 Å². The quantitative estimate of drug-likeness (QED) is 0.748. The molecule has 1 heterocycles. The van der Waals surface area contributed by atoms with Crippen LogP contribution in [-0.4, -0.2) is 24.6 Å². The molecular formula is C14H19N3. The molecule has 0 aliphatic carbocycles. The molecule has 1 aromatic carbocycles. The van der Waals surface area contributed by atoms with Crippen molar-refractivity contribution < 1.29 is 0 Å². The Morgan fingerprint density at radius 3 is 2.88 bits per heavy atom. The van der Waals surface area contributed by atoms with E-state index in [9.17, 15) is 0 Å². The van der Waals surface area contributed by atoms with E-state index in [-0.39, 0.29) is 0 Å². The lowest BCUT2D eigenvalue weighted by molar-refractivity contribution is 0.689. The first kappa shape index (κ1) is 11.9. The zero-order chi connectivity index (χ0) is 11.9. The molecule has 0 radical (unpaired) electrons. The number of rotatable bonds is 6. The number of benzene rings is 1. The lowest BCUT2D eigenvalue weighted by Crippen LogP contribution is -2.17. The van der Waals surface area contributed by atoms with Crippen LogP contribution in [0.1, 0.15) is 13.3 Å². The fourth-order valence-electron chi connectivity index (χ4n) is 1.86. The van der Waals surface area contributed by atoms with Crippen LogP contribution in [0.5, 0.6) is 0 Å². The minimum absolute atomic E-state index is 0.987. The first-order valence-electron chi connectivity index (χ1n) is 6.20. The summed E-state index contributed by atoms with van der Waals surface area (Å²) in [7, 11) is 0. The van der Waals surface area contributed by atoms with Crippen LogP contribution in [0.2, 0.25) is 0 Å². The third-order valence-electron chi connectivity index (χ3n) is 2.74. The second-order valence-corrected chi connectivity index (χ2v) is 4.01. The smallest absolute Gasteiger partial charge is 0.0722 e. The SMILES string of the molecule is CCNCCCNc1ccnc2ccccc12. The highest BCUT2D eigenvalue weighted by molar-refractivity contribution is 5.90. The molecule has 0 bridgehead atoms. The molecule has 0 fully saturated rings. The molecule has 0 unspecified atom stereocenters. The van der Waals surface area contributed by atoms with E-state index in [4.69, 9.17) is 0 Å². The Kier molecular flexibility index (Phi) is 4.33. The molecule has 2 aromatic rings. The minimum Gasteiger partial charge on any atom is -0.384 e. The van der Waals surface area contributed by atoms with Gasteiger partial charge >= 0.3 is 0 Å². The van der Waals surface area contributed by atoms with Crippen molar-refractivity contribution in [3.05, 3.63) is 36.5 Å². The topological polar surface area (TPSA) is 37.0 Å². The summed E-state index contributed by atoms with van der Waals surface area (Å²) in [5.41, 5.74) is 2.22. The van der Waals surface area contributed by atoms with Crippen molar-refractivity contribution in [3.63, 3.8) is 0 Å².